The quantitative estimate of drug-likeness (QED) is 0.618. The second kappa shape index (κ2) is 4.45. The van der Waals surface area contributed by atoms with E-state index in [4.69, 9.17) is 0 Å². The molecule has 2 unspecified atom stereocenters. The smallest absolute Gasteiger partial charge is 0.0543 e. The van der Waals surface area contributed by atoms with Crippen molar-refractivity contribution in [3.05, 3.63) is 0 Å². The van der Waals surface area contributed by atoms with E-state index >= 15 is 0 Å². The van der Waals surface area contributed by atoms with Crippen molar-refractivity contribution in [2.75, 3.05) is 0 Å². The highest BCUT2D eigenvalue weighted by Crippen LogP contribution is 2.38. The molecule has 2 rings (SSSR count). The molecule has 2 atom stereocenters. The molecular weight excluding hydrogens is 160 g/mol. The number of hydrogen-bond acceptors (Lipinski definition) is 1. The van der Waals surface area contributed by atoms with Crippen molar-refractivity contribution in [2.45, 2.75) is 63.9 Å². The molecule has 2 fully saturated rings. The minimum Gasteiger partial charge on any atom is -0.393 e. The van der Waals surface area contributed by atoms with Gasteiger partial charge in [-0.15, -0.1) is 0 Å². The maximum Gasteiger partial charge on any atom is 0.0543 e. The molecule has 1 heteroatoms. The molecule has 0 amide bonds. The topological polar surface area (TPSA) is 20.2 Å². The lowest BCUT2D eigenvalue weighted by Gasteiger charge is -2.22. The van der Waals surface area contributed by atoms with E-state index in [1.165, 1.54) is 44.9 Å². The minimum absolute atomic E-state index is 0.0214. The molecule has 2 aliphatic carbocycles. The standard InChI is InChI=1S/C12H22O/c13-12-8-4-3-7-11(9-12)10-5-1-2-6-10/h10-13H,1-9H2. The van der Waals surface area contributed by atoms with Crippen molar-refractivity contribution in [3.63, 3.8) is 0 Å². The Morgan fingerprint density at radius 1 is 0.692 bits per heavy atom. The van der Waals surface area contributed by atoms with Crippen LogP contribution < -0.4 is 0 Å². The first-order valence-corrected chi connectivity index (χ1v) is 6.04. The highest BCUT2D eigenvalue weighted by atomic mass is 16.3. The molecule has 76 valence electrons. The fourth-order valence-electron chi connectivity index (χ4n) is 3.23. The second-order valence-corrected chi connectivity index (χ2v) is 4.98. The van der Waals surface area contributed by atoms with Crippen LogP contribution in [0.2, 0.25) is 0 Å². The van der Waals surface area contributed by atoms with E-state index in [9.17, 15) is 5.11 Å². The van der Waals surface area contributed by atoms with Crippen LogP contribution >= 0.6 is 0 Å². The van der Waals surface area contributed by atoms with Crippen molar-refractivity contribution in [2.24, 2.45) is 11.8 Å². The summed E-state index contributed by atoms with van der Waals surface area (Å²) in [6.07, 6.45) is 12.0. The lowest BCUT2D eigenvalue weighted by Crippen LogP contribution is -2.16. The number of aliphatic hydroxyl groups excluding tert-OH is 1. The van der Waals surface area contributed by atoms with Crippen LogP contribution in [0.4, 0.5) is 0 Å². The normalized spacial score (nSPS) is 37.6. The molecule has 0 spiro atoms. The van der Waals surface area contributed by atoms with Crippen LogP contribution in [0.3, 0.4) is 0 Å². The van der Waals surface area contributed by atoms with Crippen LogP contribution in [0.15, 0.2) is 0 Å². The van der Waals surface area contributed by atoms with Crippen LogP contribution in [0.25, 0.3) is 0 Å². The summed E-state index contributed by atoms with van der Waals surface area (Å²) < 4.78 is 0. The van der Waals surface area contributed by atoms with Gasteiger partial charge in [-0.25, -0.2) is 0 Å². The molecule has 0 saturated heterocycles. The number of rotatable bonds is 1. The predicted molar refractivity (Wildman–Crippen MR) is 54.5 cm³/mol. The lowest BCUT2D eigenvalue weighted by atomic mass is 9.84. The Morgan fingerprint density at radius 2 is 1.23 bits per heavy atom. The lowest BCUT2D eigenvalue weighted by molar-refractivity contribution is 0.126. The first-order valence-electron chi connectivity index (χ1n) is 6.04. The van der Waals surface area contributed by atoms with E-state index in [1.54, 1.807) is 0 Å². The Kier molecular flexibility index (Phi) is 3.26. The predicted octanol–water partition coefficient (Wildman–Crippen LogP) is 3.12. The molecule has 0 aromatic rings. The zero-order valence-electron chi connectivity index (χ0n) is 8.54. The van der Waals surface area contributed by atoms with Gasteiger partial charge < -0.3 is 5.11 Å². The molecule has 0 aliphatic heterocycles. The molecule has 0 heterocycles. The molecule has 13 heavy (non-hydrogen) atoms. The monoisotopic (exact) mass is 182 g/mol. The Hall–Kier alpha value is -0.0400. The first kappa shape index (κ1) is 9.51. The largest absolute Gasteiger partial charge is 0.393 e. The average molecular weight is 182 g/mol. The van der Waals surface area contributed by atoms with E-state index in [-0.39, 0.29) is 6.10 Å². The molecule has 2 aliphatic rings. The minimum atomic E-state index is 0.0214. The zero-order chi connectivity index (χ0) is 9.10. The Balaban J connectivity index is 1.88. The van der Waals surface area contributed by atoms with Crippen LogP contribution in [0.1, 0.15) is 57.8 Å². The molecular formula is C12H22O. The Morgan fingerprint density at radius 3 is 1.92 bits per heavy atom. The van der Waals surface area contributed by atoms with Crippen LogP contribution in [-0.4, -0.2) is 11.2 Å². The first-order chi connectivity index (χ1) is 6.36. The van der Waals surface area contributed by atoms with E-state index in [2.05, 4.69) is 0 Å². The molecule has 2 saturated carbocycles. The van der Waals surface area contributed by atoms with Crippen molar-refractivity contribution >= 4 is 0 Å². The van der Waals surface area contributed by atoms with Gasteiger partial charge >= 0.3 is 0 Å². The molecule has 0 radical (unpaired) electrons. The summed E-state index contributed by atoms with van der Waals surface area (Å²) in [6.45, 7) is 0. The van der Waals surface area contributed by atoms with Gasteiger partial charge in [0.05, 0.1) is 6.10 Å². The van der Waals surface area contributed by atoms with Gasteiger partial charge in [-0.2, -0.15) is 0 Å². The Bertz CT molecular complexity index is 149. The van der Waals surface area contributed by atoms with Crippen molar-refractivity contribution in [3.8, 4) is 0 Å². The van der Waals surface area contributed by atoms with E-state index < -0.39 is 0 Å². The number of aliphatic hydroxyl groups is 1. The second-order valence-electron chi connectivity index (χ2n) is 4.98. The van der Waals surface area contributed by atoms with Crippen molar-refractivity contribution in [1.82, 2.24) is 0 Å². The summed E-state index contributed by atoms with van der Waals surface area (Å²) in [5.41, 5.74) is 0. The van der Waals surface area contributed by atoms with Crippen molar-refractivity contribution < 1.29 is 5.11 Å². The maximum atomic E-state index is 9.72. The highest BCUT2D eigenvalue weighted by molar-refractivity contribution is 4.79. The summed E-state index contributed by atoms with van der Waals surface area (Å²) in [4.78, 5) is 0. The van der Waals surface area contributed by atoms with Gasteiger partial charge in [0.1, 0.15) is 0 Å². The summed E-state index contributed by atoms with van der Waals surface area (Å²) in [5, 5.41) is 9.72. The SMILES string of the molecule is OC1CCCCC(C2CCCC2)C1. The van der Waals surface area contributed by atoms with Gasteiger partial charge in [-0.05, 0) is 24.7 Å². The molecule has 0 aromatic carbocycles. The Labute approximate surface area is 81.5 Å². The molecule has 0 bridgehead atoms. The van der Waals surface area contributed by atoms with Gasteiger partial charge in [-0.3, -0.25) is 0 Å². The van der Waals surface area contributed by atoms with Crippen LogP contribution in [-0.2, 0) is 0 Å². The fraction of sp³-hybridized carbons (Fsp3) is 1.00. The fourth-order valence-corrected chi connectivity index (χ4v) is 3.23. The summed E-state index contributed by atoms with van der Waals surface area (Å²) in [6, 6.07) is 0. The van der Waals surface area contributed by atoms with Gasteiger partial charge in [0.25, 0.3) is 0 Å². The third-order valence-corrected chi connectivity index (χ3v) is 4.00. The van der Waals surface area contributed by atoms with Gasteiger partial charge in [-0.1, -0.05) is 44.9 Å². The number of hydrogen-bond donors (Lipinski definition) is 1. The zero-order valence-corrected chi connectivity index (χ0v) is 8.54. The summed E-state index contributed by atoms with van der Waals surface area (Å²) in [5.74, 6) is 1.83. The summed E-state index contributed by atoms with van der Waals surface area (Å²) >= 11 is 0. The van der Waals surface area contributed by atoms with Crippen molar-refractivity contribution in [1.29, 1.82) is 0 Å². The van der Waals surface area contributed by atoms with E-state index in [0.717, 1.165) is 24.7 Å². The molecule has 1 nitrogen and oxygen atoms in total. The average Bonchev–Trinajstić information content (AvgIpc) is 2.56. The van der Waals surface area contributed by atoms with Gasteiger partial charge in [0.15, 0.2) is 0 Å². The van der Waals surface area contributed by atoms with E-state index in [1.807, 2.05) is 0 Å². The van der Waals surface area contributed by atoms with Crippen LogP contribution in [0, 0.1) is 11.8 Å². The van der Waals surface area contributed by atoms with E-state index in [0.29, 0.717) is 0 Å². The molecule has 1 N–H and O–H groups in total. The third kappa shape index (κ3) is 2.46. The maximum absolute atomic E-state index is 9.72. The molecule has 0 aromatic heterocycles. The van der Waals surface area contributed by atoms with Crippen LogP contribution in [0.5, 0.6) is 0 Å². The highest BCUT2D eigenvalue weighted by Gasteiger charge is 2.27. The van der Waals surface area contributed by atoms with Gasteiger partial charge in [0.2, 0.25) is 0 Å². The summed E-state index contributed by atoms with van der Waals surface area (Å²) in [7, 11) is 0. The van der Waals surface area contributed by atoms with Gasteiger partial charge in [0, 0.05) is 0 Å². The third-order valence-electron chi connectivity index (χ3n) is 4.00.